The maximum absolute atomic E-state index is 13.6. The molecule has 2 aromatic rings. The summed E-state index contributed by atoms with van der Waals surface area (Å²) in [5.74, 6) is -0.427. The van der Waals surface area contributed by atoms with Gasteiger partial charge in [-0.05, 0) is 24.6 Å². The van der Waals surface area contributed by atoms with E-state index >= 15 is 0 Å². The van der Waals surface area contributed by atoms with Crippen molar-refractivity contribution >= 4 is 33.4 Å². The minimum Gasteiger partial charge on any atom is -0.368 e. The van der Waals surface area contributed by atoms with Gasteiger partial charge in [0.25, 0.3) is 5.72 Å². The van der Waals surface area contributed by atoms with E-state index in [2.05, 4.69) is 31.0 Å². The fourth-order valence-corrected chi connectivity index (χ4v) is 2.76. The Labute approximate surface area is 149 Å². The molecule has 25 heavy (non-hydrogen) atoms. The first kappa shape index (κ1) is 17.6. The van der Waals surface area contributed by atoms with Gasteiger partial charge in [0.2, 0.25) is 5.95 Å². The van der Waals surface area contributed by atoms with Crippen LogP contribution in [0.15, 0.2) is 39.9 Å². The average molecular weight is 416 g/mol. The molecule has 2 heterocycles. The largest absolute Gasteiger partial charge is 0.438 e. The minimum absolute atomic E-state index is 0.0853. The molecular formula is C15H13BrF3N5O. The van der Waals surface area contributed by atoms with Crippen LogP contribution in [0.1, 0.15) is 17.7 Å². The maximum atomic E-state index is 13.6. The standard InChI is InChI=1S/C15H13BrF3N5O/c1-8-6-12(22-13(20)21-8)24-14(25,15(17,18)19)7-11(23-24)9-2-4-10(16)5-3-9/h2-6,25H,7H2,1H3,(H2,20,21,22)/t14-/m1/s1. The van der Waals surface area contributed by atoms with E-state index in [1.54, 1.807) is 31.2 Å². The lowest BCUT2D eigenvalue weighted by atomic mass is 10.0. The Morgan fingerprint density at radius 1 is 1.24 bits per heavy atom. The first-order chi connectivity index (χ1) is 11.6. The zero-order chi connectivity index (χ0) is 18.4. The van der Waals surface area contributed by atoms with Crippen molar-refractivity contribution in [3.8, 4) is 0 Å². The third-order valence-electron chi connectivity index (χ3n) is 3.69. The van der Waals surface area contributed by atoms with Gasteiger partial charge in [0.15, 0.2) is 5.82 Å². The predicted octanol–water partition coefficient (Wildman–Crippen LogP) is 3.00. The van der Waals surface area contributed by atoms with Crippen molar-refractivity contribution in [2.45, 2.75) is 25.2 Å². The Bertz CT molecular complexity index is 820. The molecule has 0 saturated carbocycles. The normalized spacial score (nSPS) is 20.7. The summed E-state index contributed by atoms with van der Waals surface area (Å²) >= 11 is 3.26. The number of benzene rings is 1. The number of alkyl halides is 3. The van der Waals surface area contributed by atoms with E-state index in [1.165, 1.54) is 6.07 Å². The number of nitrogens with two attached hydrogens (primary N) is 1. The van der Waals surface area contributed by atoms with Crippen molar-refractivity contribution < 1.29 is 18.3 Å². The molecule has 3 N–H and O–H groups in total. The molecule has 0 saturated heterocycles. The number of anilines is 2. The monoisotopic (exact) mass is 415 g/mol. The molecule has 0 bridgehead atoms. The highest BCUT2D eigenvalue weighted by atomic mass is 79.9. The Morgan fingerprint density at radius 2 is 1.88 bits per heavy atom. The maximum Gasteiger partial charge on any atom is 0.438 e. The van der Waals surface area contributed by atoms with Crippen LogP contribution in [0.5, 0.6) is 0 Å². The number of aromatic nitrogens is 2. The Balaban J connectivity index is 2.11. The smallest absolute Gasteiger partial charge is 0.368 e. The number of aryl methyl sites for hydroxylation is 1. The average Bonchev–Trinajstić information content (AvgIpc) is 2.86. The van der Waals surface area contributed by atoms with Crippen LogP contribution in [-0.2, 0) is 0 Å². The van der Waals surface area contributed by atoms with Gasteiger partial charge in [-0.25, -0.2) is 9.99 Å². The van der Waals surface area contributed by atoms with Crippen molar-refractivity contribution in [1.82, 2.24) is 9.97 Å². The molecule has 0 radical (unpaired) electrons. The number of hydrogen-bond donors (Lipinski definition) is 2. The summed E-state index contributed by atoms with van der Waals surface area (Å²) < 4.78 is 41.5. The highest BCUT2D eigenvalue weighted by molar-refractivity contribution is 9.10. The van der Waals surface area contributed by atoms with Crippen LogP contribution in [0.25, 0.3) is 0 Å². The van der Waals surface area contributed by atoms with E-state index < -0.39 is 18.3 Å². The molecule has 1 aliphatic rings. The van der Waals surface area contributed by atoms with Crippen molar-refractivity contribution in [2.24, 2.45) is 5.10 Å². The van der Waals surface area contributed by atoms with Crippen LogP contribution in [0, 0.1) is 6.92 Å². The summed E-state index contributed by atoms with van der Waals surface area (Å²) in [6, 6.07) is 7.87. The number of rotatable bonds is 2. The quantitative estimate of drug-likeness (QED) is 0.786. The third-order valence-corrected chi connectivity index (χ3v) is 4.22. The van der Waals surface area contributed by atoms with Crippen molar-refractivity contribution in [2.75, 3.05) is 10.7 Å². The molecule has 0 amide bonds. The molecule has 132 valence electrons. The molecule has 1 aliphatic heterocycles. The molecule has 3 rings (SSSR count). The van der Waals surface area contributed by atoms with Crippen LogP contribution in [0.2, 0.25) is 0 Å². The number of halogens is 4. The summed E-state index contributed by atoms with van der Waals surface area (Å²) in [5, 5.41) is 14.8. The Kier molecular flexibility index (Phi) is 4.20. The summed E-state index contributed by atoms with van der Waals surface area (Å²) in [5.41, 5.74) is 3.21. The number of nitrogens with zero attached hydrogens (tertiary/aromatic N) is 4. The van der Waals surface area contributed by atoms with Gasteiger partial charge in [0.05, 0.1) is 12.1 Å². The van der Waals surface area contributed by atoms with Crippen LogP contribution in [0.4, 0.5) is 24.9 Å². The number of nitrogen functional groups attached to an aromatic ring is 1. The SMILES string of the molecule is Cc1cc(N2N=C(c3ccc(Br)cc3)C[C@@]2(O)C(F)(F)F)nc(N)n1. The highest BCUT2D eigenvalue weighted by Gasteiger charge is 2.62. The van der Waals surface area contributed by atoms with Crippen LogP contribution >= 0.6 is 15.9 Å². The second kappa shape index (κ2) is 5.95. The second-order valence-corrected chi connectivity index (χ2v) is 6.50. The van der Waals surface area contributed by atoms with Gasteiger partial charge in [0.1, 0.15) is 0 Å². The van der Waals surface area contributed by atoms with E-state index in [1.807, 2.05) is 0 Å². The molecule has 10 heteroatoms. The fourth-order valence-electron chi connectivity index (χ4n) is 2.49. The van der Waals surface area contributed by atoms with E-state index in [9.17, 15) is 18.3 Å². The molecule has 1 aromatic heterocycles. The Morgan fingerprint density at radius 3 is 2.44 bits per heavy atom. The molecule has 6 nitrogen and oxygen atoms in total. The summed E-state index contributed by atoms with van der Waals surface area (Å²) in [4.78, 5) is 7.61. The fraction of sp³-hybridized carbons (Fsp3) is 0.267. The molecular weight excluding hydrogens is 403 g/mol. The van der Waals surface area contributed by atoms with E-state index in [4.69, 9.17) is 5.73 Å². The molecule has 0 fully saturated rings. The lowest BCUT2D eigenvalue weighted by Gasteiger charge is -2.33. The summed E-state index contributed by atoms with van der Waals surface area (Å²) in [7, 11) is 0. The van der Waals surface area contributed by atoms with Crippen LogP contribution in [0.3, 0.4) is 0 Å². The van der Waals surface area contributed by atoms with Crippen LogP contribution < -0.4 is 10.7 Å². The van der Waals surface area contributed by atoms with Gasteiger partial charge in [-0.3, -0.25) is 0 Å². The zero-order valence-electron chi connectivity index (χ0n) is 12.9. The zero-order valence-corrected chi connectivity index (χ0v) is 14.5. The number of hydrogen-bond acceptors (Lipinski definition) is 6. The van der Waals surface area contributed by atoms with Gasteiger partial charge in [-0.1, -0.05) is 28.1 Å². The van der Waals surface area contributed by atoms with E-state index in [0.717, 1.165) is 4.47 Å². The van der Waals surface area contributed by atoms with Gasteiger partial charge < -0.3 is 10.8 Å². The lowest BCUT2D eigenvalue weighted by Crippen LogP contribution is -2.55. The van der Waals surface area contributed by atoms with Gasteiger partial charge in [-0.2, -0.15) is 23.3 Å². The molecule has 0 aliphatic carbocycles. The molecule has 1 aromatic carbocycles. The van der Waals surface area contributed by atoms with Crippen molar-refractivity contribution in [1.29, 1.82) is 0 Å². The van der Waals surface area contributed by atoms with E-state index in [-0.39, 0.29) is 17.5 Å². The number of hydrazone groups is 1. The second-order valence-electron chi connectivity index (χ2n) is 5.58. The third kappa shape index (κ3) is 3.19. The predicted molar refractivity (Wildman–Crippen MR) is 90.0 cm³/mol. The summed E-state index contributed by atoms with van der Waals surface area (Å²) in [6.45, 7) is 1.56. The lowest BCUT2D eigenvalue weighted by molar-refractivity contribution is -0.254. The number of aliphatic hydroxyl groups is 1. The van der Waals surface area contributed by atoms with Crippen molar-refractivity contribution in [3.05, 3.63) is 46.1 Å². The van der Waals surface area contributed by atoms with Gasteiger partial charge in [0, 0.05) is 16.2 Å². The van der Waals surface area contributed by atoms with Crippen LogP contribution in [-0.4, -0.2) is 32.7 Å². The Hall–Kier alpha value is -2.20. The first-order valence-corrected chi connectivity index (χ1v) is 7.93. The highest BCUT2D eigenvalue weighted by Crippen LogP contribution is 2.43. The molecule has 0 spiro atoms. The van der Waals surface area contributed by atoms with E-state index in [0.29, 0.717) is 16.3 Å². The topological polar surface area (TPSA) is 87.6 Å². The van der Waals surface area contributed by atoms with Crippen molar-refractivity contribution in [3.63, 3.8) is 0 Å². The van der Waals surface area contributed by atoms with Gasteiger partial charge >= 0.3 is 6.18 Å². The minimum atomic E-state index is -4.96. The summed E-state index contributed by atoms with van der Waals surface area (Å²) in [6.07, 6.45) is -5.69. The first-order valence-electron chi connectivity index (χ1n) is 7.14. The molecule has 1 atom stereocenters. The van der Waals surface area contributed by atoms with Gasteiger partial charge in [-0.15, -0.1) is 0 Å². The molecule has 0 unspecified atom stereocenters.